The van der Waals surface area contributed by atoms with Crippen LogP contribution in [0, 0.1) is 24.5 Å². The number of nitrogens with zero attached hydrogens (tertiary/aromatic N) is 5. The first kappa shape index (κ1) is 23.4. The van der Waals surface area contributed by atoms with Gasteiger partial charge >= 0.3 is 0 Å². The smallest absolute Gasteiger partial charge is 0.247 e. The van der Waals surface area contributed by atoms with Crippen LogP contribution in [0.4, 0.5) is 26.2 Å². The van der Waals surface area contributed by atoms with Gasteiger partial charge in [-0.05, 0) is 18.9 Å². The highest BCUT2D eigenvalue weighted by Gasteiger charge is 2.35. The van der Waals surface area contributed by atoms with Gasteiger partial charge in [0.1, 0.15) is 11.7 Å². The Kier molecular flexibility index (Phi) is 6.36. The molecule has 34 heavy (non-hydrogen) atoms. The molecule has 2 N–H and O–H groups in total. The van der Waals surface area contributed by atoms with E-state index < -0.39 is 11.6 Å². The Hall–Kier alpha value is -3.76. The first-order chi connectivity index (χ1) is 16.2. The summed E-state index contributed by atoms with van der Waals surface area (Å²) in [7, 11) is 3.14. The maximum Gasteiger partial charge on any atom is 0.247 e. The fraction of sp³-hybridized carbons (Fsp3) is 0.391. The zero-order chi connectivity index (χ0) is 24.6. The van der Waals surface area contributed by atoms with E-state index in [1.54, 1.807) is 12.4 Å². The van der Waals surface area contributed by atoms with Gasteiger partial charge in [-0.3, -0.25) is 9.48 Å². The summed E-state index contributed by atoms with van der Waals surface area (Å²) in [6, 6.07) is 2.54. The molecule has 1 amide bonds. The highest BCUT2D eigenvalue weighted by atomic mass is 19.2. The number of hydrogen-bond donors (Lipinski definition) is 2. The Morgan fingerprint density at radius 1 is 1.24 bits per heavy atom. The lowest BCUT2D eigenvalue weighted by atomic mass is 9.99. The minimum absolute atomic E-state index is 0.0713. The number of aromatic nitrogens is 4. The molecule has 0 aliphatic carbocycles. The van der Waals surface area contributed by atoms with Crippen LogP contribution in [0.25, 0.3) is 0 Å². The van der Waals surface area contributed by atoms with Gasteiger partial charge in [-0.2, -0.15) is 14.5 Å². The molecule has 2 aromatic heterocycles. The van der Waals surface area contributed by atoms with E-state index in [2.05, 4.69) is 25.7 Å². The maximum absolute atomic E-state index is 14.3. The van der Waals surface area contributed by atoms with E-state index >= 15 is 0 Å². The number of aryl methyl sites for hydroxylation is 1. The van der Waals surface area contributed by atoms with Crippen molar-refractivity contribution in [1.82, 2.24) is 19.7 Å². The molecule has 3 aromatic rings. The molecule has 0 fully saturated rings. The quantitative estimate of drug-likeness (QED) is 0.546. The van der Waals surface area contributed by atoms with E-state index in [4.69, 9.17) is 4.74 Å². The molecule has 0 saturated heterocycles. The second kappa shape index (κ2) is 9.24. The van der Waals surface area contributed by atoms with Gasteiger partial charge in [0, 0.05) is 30.9 Å². The van der Waals surface area contributed by atoms with Gasteiger partial charge in [0.15, 0.2) is 17.4 Å². The standard InChI is InChI=1S/C23H27F2N7O2/c1-12(2)20-22(33)29-19-13(3)28-23(30-21(19)31(20)4)26-8-14-9-27-32(10-14)11-15-6-7-16(34-5)18(25)17(15)24/h6-7,9-10,12,20H,8,11H2,1-5H3,(H,29,33)(H,26,28,30). The fourth-order valence-electron chi connectivity index (χ4n) is 4.08. The van der Waals surface area contributed by atoms with Crippen molar-refractivity contribution < 1.29 is 18.3 Å². The molecule has 1 unspecified atom stereocenters. The number of fused-ring (bicyclic) bond motifs is 1. The van der Waals surface area contributed by atoms with Crippen molar-refractivity contribution in [3.05, 3.63) is 53.0 Å². The van der Waals surface area contributed by atoms with Gasteiger partial charge in [-0.25, -0.2) is 9.37 Å². The van der Waals surface area contributed by atoms with Crippen LogP contribution in [0.5, 0.6) is 5.75 Å². The third-order valence-corrected chi connectivity index (χ3v) is 5.79. The van der Waals surface area contributed by atoms with Crippen molar-refractivity contribution in [2.45, 2.75) is 39.9 Å². The molecule has 4 rings (SSSR count). The van der Waals surface area contributed by atoms with E-state index in [9.17, 15) is 13.6 Å². The van der Waals surface area contributed by atoms with Gasteiger partial charge in [-0.15, -0.1) is 0 Å². The van der Waals surface area contributed by atoms with E-state index in [-0.39, 0.29) is 35.7 Å². The van der Waals surface area contributed by atoms with Gasteiger partial charge in [0.05, 0.1) is 25.5 Å². The number of hydrogen-bond acceptors (Lipinski definition) is 7. The summed E-state index contributed by atoms with van der Waals surface area (Å²) >= 11 is 0. The number of carbonyl (C=O) groups excluding carboxylic acids is 1. The van der Waals surface area contributed by atoms with Crippen molar-refractivity contribution in [2.24, 2.45) is 5.92 Å². The Balaban J connectivity index is 1.47. The lowest BCUT2D eigenvalue weighted by Crippen LogP contribution is -2.49. The summed E-state index contributed by atoms with van der Waals surface area (Å²) in [6.07, 6.45) is 3.37. The Bertz CT molecular complexity index is 1230. The number of benzene rings is 1. The maximum atomic E-state index is 14.3. The normalized spacial score (nSPS) is 15.4. The highest BCUT2D eigenvalue weighted by molar-refractivity contribution is 6.03. The molecular weight excluding hydrogens is 444 g/mol. The summed E-state index contributed by atoms with van der Waals surface area (Å²) in [5.41, 5.74) is 2.24. The van der Waals surface area contributed by atoms with Crippen molar-refractivity contribution in [3.63, 3.8) is 0 Å². The molecule has 3 heterocycles. The second-order valence-electron chi connectivity index (χ2n) is 8.57. The van der Waals surface area contributed by atoms with E-state index in [1.807, 2.05) is 32.7 Å². The third-order valence-electron chi connectivity index (χ3n) is 5.79. The summed E-state index contributed by atoms with van der Waals surface area (Å²) in [5, 5.41) is 10.3. The topological polar surface area (TPSA) is 97.2 Å². The molecule has 1 aliphatic heterocycles. The van der Waals surface area contributed by atoms with Crippen molar-refractivity contribution in [3.8, 4) is 5.75 Å². The number of amides is 1. The van der Waals surface area contributed by atoms with Gasteiger partial charge in [0.2, 0.25) is 17.7 Å². The fourth-order valence-corrected chi connectivity index (χ4v) is 4.08. The van der Waals surface area contributed by atoms with Gasteiger partial charge < -0.3 is 20.3 Å². The number of halogens is 2. The van der Waals surface area contributed by atoms with Crippen LogP contribution in [-0.4, -0.2) is 45.9 Å². The van der Waals surface area contributed by atoms with Crippen LogP contribution in [0.3, 0.4) is 0 Å². The molecule has 1 aliphatic rings. The number of methoxy groups -OCH3 is 1. The molecule has 0 saturated carbocycles. The zero-order valence-electron chi connectivity index (χ0n) is 19.7. The van der Waals surface area contributed by atoms with Gasteiger partial charge in [-0.1, -0.05) is 19.9 Å². The zero-order valence-corrected chi connectivity index (χ0v) is 19.7. The molecule has 9 nitrogen and oxygen atoms in total. The van der Waals surface area contributed by atoms with Crippen molar-refractivity contribution in [2.75, 3.05) is 29.7 Å². The average molecular weight is 472 g/mol. The second-order valence-corrected chi connectivity index (χ2v) is 8.57. The van der Waals surface area contributed by atoms with Crippen LogP contribution in [0.15, 0.2) is 24.5 Å². The third kappa shape index (κ3) is 4.37. The van der Waals surface area contributed by atoms with Crippen molar-refractivity contribution in [1.29, 1.82) is 0 Å². The van der Waals surface area contributed by atoms with Crippen LogP contribution < -0.4 is 20.3 Å². The molecule has 180 valence electrons. The van der Waals surface area contributed by atoms with E-state index in [0.29, 0.717) is 29.7 Å². The van der Waals surface area contributed by atoms with Crippen LogP contribution in [-0.2, 0) is 17.9 Å². The predicted octanol–water partition coefficient (Wildman–Crippen LogP) is 3.34. The number of anilines is 3. The molecule has 0 radical (unpaired) electrons. The highest BCUT2D eigenvalue weighted by Crippen LogP contribution is 2.34. The molecule has 1 aromatic carbocycles. The molecule has 11 heteroatoms. The first-order valence-corrected chi connectivity index (χ1v) is 10.9. The molecule has 1 atom stereocenters. The number of nitrogens with one attached hydrogen (secondary N) is 2. The Morgan fingerprint density at radius 2 is 2.00 bits per heavy atom. The van der Waals surface area contributed by atoms with E-state index in [0.717, 1.165) is 5.56 Å². The lowest BCUT2D eigenvalue weighted by Gasteiger charge is -2.36. The predicted molar refractivity (Wildman–Crippen MR) is 124 cm³/mol. The van der Waals surface area contributed by atoms with Gasteiger partial charge in [0.25, 0.3) is 0 Å². The molecular formula is C23H27F2N7O2. The van der Waals surface area contributed by atoms with Crippen LogP contribution >= 0.6 is 0 Å². The Labute approximate surface area is 196 Å². The minimum atomic E-state index is -1.02. The monoisotopic (exact) mass is 471 g/mol. The Morgan fingerprint density at radius 3 is 2.71 bits per heavy atom. The SMILES string of the molecule is COc1ccc(Cn2cc(CNc3nc(C)c4c(n3)N(C)C(C(C)C)C(=O)N4)cn2)c(F)c1F. The number of rotatable bonds is 7. The summed E-state index contributed by atoms with van der Waals surface area (Å²) in [5.74, 6) is -1.01. The summed E-state index contributed by atoms with van der Waals surface area (Å²) < 4.78 is 34.6. The number of ether oxygens (including phenoxy) is 1. The largest absolute Gasteiger partial charge is 0.494 e. The first-order valence-electron chi connectivity index (χ1n) is 10.9. The van der Waals surface area contributed by atoms with Crippen molar-refractivity contribution >= 4 is 23.4 Å². The lowest BCUT2D eigenvalue weighted by molar-refractivity contribution is -0.118. The number of carbonyl (C=O) groups is 1. The minimum Gasteiger partial charge on any atom is -0.494 e. The van der Waals surface area contributed by atoms with E-state index in [1.165, 1.54) is 23.9 Å². The summed E-state index contributed by atoms with van der Waals surface area (Å²) in [6.45, 7) is 6.24. The molecule has 0 bridgehead atoms. The molecule has 0 spiro atoms. The average Bonchev–Trinajstić information content (AvgIpc) is 3.24. The summed E-state index contributed by atoms with van der Waals surface area (Å²) in [4.78, 5) is 23.4. The van der Waals surface area contributed by atoms with Crippen LogP contribution in [0.1, 0.15) is 30.7 Å². The van der Waals surface area contributed by atoms with Crippen LogP contribution in [0.2, 0.25) is 0 Å². The number of likely N-dealkylation sites (N-methyl/N-ethyl adjacent to an activating group) is 1.